The molecule has 1 aliphatic heterocycles. The van der Waals surface area contributed by atoms with E-state index in [1.165, 1.54) is 0 Å². The predicted octanol–water partition coefficient (Wildman–Crippen LogP) is 2.52. The lowest BCUT2D eigenvalue weighted by molar-refractivity contribution is -0.118. The van der Waals surface area contributed by atoms with Crippen molar-refractivity contribution in [3.05, 3.63) is 41.7 Å². The Labute approximate surface area is 105 Å². The number of rotatable bonds is 4. The van der Waals surface area contributed by atoms with Crippen molar-refractivity contribution in [1.82, 2.24) is 5.32 Å². The van der Waals surface area contributed by atoms with Gasteiger partial charge in [0.1, 0.15) is 5.76 Å². The van der Waals surface area contributed by atoms with E-state index in [9.17, 15) is 4.79 Å². The lowest BCUT2D eigenvalue weighted by atomic mass is 10.0. The fraction of sp³-hybridized carbons (Fsp3) is 0.308. The van der Waals surface area contributed by atoms with E-state index in [1.54, 1.807) is 0 Å². The summed E-state index contributed by atoms with van der Waals surface area (Å²) in [4.78, 5) is 11.9. The number of carbonyl (C=O) groups excluding carboxylic acids is 1. The Morgan fingerprint density at radius 2 is 2.06 bits per heavy atom. The summed E-state index contributed by atoms with van der Waals surface area (Å²) >= 11 is 5.67. The maximum Gasteiger partial charge on any atom is 0.257 e. The van der Waals surface area contributed by atoms with Crippen molar-refractivity contribution < 1.29 is 9.53 Å². The van der Waals surface area contributed by atoms with Gasteiger partial charge in [-0.25, -0.2) is 0 Å². The second kappa shape index (κ2) is 5.73. The van der Waals surface area contributed by atoms with E-state index in [1.807, 2.05) is 30.3 Å². The van der Waals surface area contributed by atoms with Crippen molar-refractivity contribution in [2.45, 2.75) is 12.8 Å². The minimum absolute atomic E-state index is 0.0768. The molecule has 0 radical (unpaired) electrons. The molecule has 17 heavy (non-hydrogen) atoms. The fourth-order valence-electron chi connectivity index (χ4n) is 1.80. The van der Waals surface area contributed by atoms with Crippen LogP contribution in [0.25, 0.3) is 5.57 Å². The number of ether oxygens (including phenoxy) is 1. The molecule has 1 heterocycles. The molecule has 0 fully saturated rings. The van der Waals surface area contributed by atoms with Gasteiger partial charge in [0.25, 0.3) is 5.91 Å². The van der Waals surface area contributed by atoms with Crippen LogP contribution < -0.4 is 5.32 Å². The first-order chi connectivity index (χ1) is 8.33. The van der Waals surface area contributed by atoms with Crippen molar-refractivity contribution in [3.8, 4) is 0 Å². The second-order valence-corrected chi connectivity index (χ2v) is 4.13. The van der Waals surface area contributed by atoms with E-state index in [0.717, 1.165) is 17.7 Å². The highest BCUT2D eigenvalue weighted by Crippen LogP contribution is 2.25. The van der Waals surface area contributed by atoms with Gasteiger partial charge in [-0.2, -0.15) is 0 Å². The number of nitrogens with one attached hydrogen (secondary N) is 1. The summed E-state index contributed by atoms with van der Waals surface area (Å²) in [6.07, 6.45) is 1.50. The maximum absolute atomic E-state index is 11.9. The first kappa shape index (κ1) is 12.0. The molecule has 2 rings (SSSR count). The van der Waals surface area contributed by atoms with E-state index in [2.05, 4.69) is 5.32 Å². The van der Waals surface area contributed by atoms with Crippen molar-refractivity contribution in [2.75, 3.05) is 12.6 Å². The standard InChI is InChI=1S/C13H14ClNO2/c14-8-4-7-11-12(13(16)15-9-17-11)10-5-2-1-3-6-10/h1-3,5-6H,4,7-9H2,(H,15,16). The van der Waals surface area contributed by atoms with Crippen LogP contribution in [-0.2, 0) is 9.53 Å². The summed E-state index contributed by atoms with van der Waals surface area (Å²) in [5.41, 5.74) is 1.51. The molecule has 1 aromatic carbocycles. The van der Waals surface area contributed by atoms with Crippen molar-refractivity contribution in [1.29, 1.82) is 0 Å². The van der Waals surface area contributed by atoms with Crippen molar-refractivity contribution in [3.63, 3.8) is 0 Å². The Kier molecular flexibility index (Phi) is 4.04. The molecule has 1 N–H and O–H groups in total. The Balaban J connectivity index is 2.35. The molecule has 0 saturated heterocycles. The normalized spacial score (nSPS) is 15.5. The van der Waals surface area contributed by atoms with Crippen LogP contribution in [0, 0.1) is 0 Å². The number of hydrogen-bond acceptors (Lipinski definition) is 2. The van der Waals surface area contributed by atoms with Gasteiger partial charge in [-0.05, 0) is 12.0 Å². The van der Waals surface area contributed by atoms with Gasteiger partial charge < -0.3 is 10.1 Å². The number of amides is 1. The van der Waals surface area contributed by atoms with Gasteiger partial charge in [-0.3, -0.25) is 4.79 Å². The molecule has 90 valence electrons. The summed E-state index contributed by atoms with van der Waals surface area (Å²) in [7, 11) is 0. The van der Waals surface area contributed by atoms with Gasteiger partial charge in [0.15, 0.2) is 6.73 Å². The highest BCUT2D eigenvalue weighted by atomic mass is 35.5. The summed E-state index contributed by atoms with van der Waals surface area (Å²) in [5.74, 6) is 1.23. The van der Waals surface area contributed by atoms with E-state index < -0.39 is 0 Å². The predicted molar refractivity (Wildman–Crippen MR) is 67.4 cm³/mol. The van der Waals surface area contributed by atoms with E-state index in [-0.39, 0.29) is 12.6 Å². The molecule has 0 atom stereocenters. The minimum Gasteiger partial charge on any atom is -0.477 e. The highest BCUT2D eigenvalue weighted by Gasteiger charge is 2.22. The van der Waals surface area contributed by atoms with Crippen molar-refractivity contribution in [2.24, 2.45) is 0 Å². The second-order valence-electron chi connectivity index (χ2n) is 3.75. The van der Waals surface area contributed by atoms with Gasteiger partial charge in [0, 0.05) is 12.3 Å². The Hall–Kier alpha value is -1.48. The molecule has 0 aliphatic carbocycles. The average molecular weight is 252 g/mol. The molecule has 3 nitrogen and oxygen atoms in total. The molecule has 1 aromatic rings. The molecule has 4 heteroatoms. The summed E-state index contributed by atoms with van der Waals surface area (Å²) in [6, 6.07) is 9.55. The first-order valence-electron chi connectivity index (χ1n) is 5.58. The number of alkyl halides is 1. The van der Waals surface area contributed by atoms with Crippen LogP contribution in [0.3, 0.4) is 0 Å². The lowest BCUT2D eigenvalue weighted by Crippen LogP contribution is -2.32. The SMILES string of the molecule is O=C1NCOC(CCCCl)=C1c1ccccc1. The number of carbonyl (C=O) groups is 1. The first-order valence-corrected chi connectivity index (χ1v) is 6.12. The Morgan fingerprint density at radius 1 is 1.29 bits per heavy atom. The molecular formula is C13H14ClNO2. The van der Waals surface area contributed by atoms with Crippen LogP contribution in [0.4, 0.5) is 0 Å². The molecule has 0 bridgehead atoms. The van der Waals surface area contributed by atoms with Gasteiger partial charge in [-0.15, -0.1) is 11.6 Å². The maximum atomic E-state index is 11.9. The third-order valence-electron chi connectivity index (χ3n) is 2.58. The molecule has 0 unspecified atom stereocenters. The third-order valence-corrected chi connectivity index (χ3v) is 2.85. The molecule has 0 saturated carbocycles. The van der Waals surface area contributed by atoms with Gasteiger partial charge >= 0.3 is 0 Å². The summed E-state index contributed by atoms with van der Waals surface area (Å²) in [5, 5.41) is 2.68. The van der Waals surface area contributed by atoms with Crippen LogP contribution in [0.1, 0.15) is 18.4 Å². The molecule has 1 aliphatic rings. The number of allylic oxidation sites excluding steroid dienone is 1. The van der Waals surface area contributed by atoms with E-state index in [0.29, 0.717) is 17.9 Å². The van der Waals surface area contributed by atoms with E-state index in [4.69, 9.17) is 16.3 Å². The molecular weight excluding hydrogens is 238 g/mol. The molecule has 0 aromatic heterocycles. The van der Waals surface area contributed by atoms with Crippen LogP contribution in [0.2, 0.25) is 0 Å². The quantitative estimate of drug-likeness (QED) is 0.835. The molecule has 1 amide bonds. The average Bonchev–Trinajstić information content (AvgIpc) is 2.37. The highest BCUT2D eigenvalue weighted by molar-refractivity contribution is 6.20. The zero-order chi connectivity index (χ0) is 12.1. The summed E-state index contributed by atoms with van der Waals surface area (Å²) < 4.78 is 5.51. The smallest absolute Gasteiger partial charge is 0.257 e. The van der Waals surface area contributed by atoms with E-state index >= 15 is 0 Å². The molecule has 0 spiro atoms. The third kappa shape index (κ3) is 2.80. The van der Waals surface area contributed by atoms with Gasteiger partial charge in [0.05, 0.1) is 5.57 Å². The van der Waals surface area contributed by atoms with Gasteiger partial charge in [0.2, 0.25) is 0 Å². The Morgan fingerprint density at radius 3 is 2.76 bits per heavy atom. The summed E-state index contributed by atoms with van der Waals surface area (Å²) in [6.45, 7) is 0.243. The van der Waals surface area contributed by atoms with Crippen LogP contribution in [0.5, 0.6) is 0 Å². The lowest BCUT2D eigenvalue weighted by Gasteiger charge is -2.21. The number of halogens is 1. The van der Waals surface area contributed by atoms with Gasteiger partial charge in [-0.1, -0.05) is 30.3 Å². The zero-order valence-corrected chi connectivity index (χ0v) is 10.2. The number of benzene rings is 1. The topological polar surface area (TPSA) is 38.3 Å². The monoisotopic (exact) mass is 251 g/mol. The van der Waals surface area contributed by atoms with Crippen molar-refractivity contribution >= 4 is 23.1 Å². The fourth-order valence-corrected chi connectivity index (χ4v) is 1.93. The minimum atomic E-state index is -0.0768. The van der Waals surface area contributed by atoms with Crippen LogP contribution >= 0.6 is 11.6 Å². The number of hydrogen-bond donors (Lipinski definition) is 1. The van der Waals surface area contributed by atoms with Crippen LogP contribution in [-0.4, -0.2) is 18.5 Å². The van der Waals surface area contributed by atoms with Crippen LogP contribution in [0.15, 0.2) is 36.1 Å². The Bertz CT molecular complexity index is 428. The zero-order valence-electron chi connectivity index (χ0n) is 9.41. The largest absolute Gasteiger partial charge is 0.477 e.